The summed E-state index contributed by atoms with van der Waals surface area (Å²) in [5.74, 6) is 0.156. The predicted octanol–water partition coefficient (Wildman–Crippen LogP) is 2.19. The van der Waals surface area contributed by atoms with E-state index in [0.29, 0.717) is 11.8 Å². The summed E-state index contributed by atoms with van der Waals surface area (Å²) in [6.07, 6.45) is 4.01. The molecule has 2 N–H and O–H groups in total. The van der Waals surface area contributed by atoms with E-state index in [1.165, 1.54) is 12.8 Å². The summed E-state index contributed by atoms with van der Waals surface area (Å²) in [4.78, 5) is 13.0. The first-order valence-corrected chi connectivity index (χ1v) is 7.62. The van der Waals surface area contributed by atoms with E-state index in [0.717, 1.165) is 30.9 Å². The molecule has 1 aliphatic rings. The first-order chi connectivity index (χ1) is 8.74. The van der Waals surface area contributed by atoms with Gasteiger partial charge in [0.05, 0.1) is 6.42 Å². The summed E-state index contributed by atoms with van der Waals surface area (Å²) < 4.78 is 0. The summed E-state index contributed by atoms with van der Waals surface area (Å²) >= 11 is 1.65. The molecule has 0 spiro atoms. The van der Waals surface area contributed by atoms with Crippen molar-refractivity contribution in [3.63, 3.8) is 0 Å². The molecular weight excluding hydrogens is 244 g/mol. The Hall–Kier alpha value is -0.870. The van der Waals surface area contributed by atoms with Crippen LogP contribution in [0.3, 0.4) is 0 Å². The highest BCUT2D eigenvalue weighted by Gasteiger charge is 2.30. The fourth-order valence-corrected chi connectivity index (χ4v) is 3.24. The molecule has 0 radical (unpaired) electrons. The summed E-state index contributed by atoms with van der Waals surface area (Å²) in [5, 5.41) is 8.53. The molecule has 2 rings (SSSR count). The second-order valence-corrected chi connectivity index (χ2v) is 6.17. The van der Waals surface area contributed by atoms with Crippen molar-refractivity contribution in [2.24, 2.45) is 5.41 Å². The number of carbonyl (C=O) groups is 1. The quantitative estimate of drug-likeness (QED) is 0.858. The lowest BCUT2D eigenvalue weighted by Gasteiger charge is -2.37. The largest absolute Gasteiger partial charge is 0.355 e. The standard InChI is InChI=1S/C14H22N2OS/c1-2-14(5-7-15-8-6-14)11-16-13(17)10-12-4-3-9-18-12/h3-4,9,15H,2,5-8,10-11H2,1H3,(H,16,17). The number of amides is 1. The van der Waals surface area contributed by atoms with Crippen LogP contribution in [-0.2, 0) is 11.2 Å². The number of thiophene rings is 1. The topological polar surface area (TPSA) is 41.1 Å². The smallest absolute Gasteiger partial charge is 0.225 e. The third-order valence-electron chi connectivity index (χ3n) is 3.99. The van der Waals surface area contributed by atoms with Crippen molar-refractivity contribution in [2.75, 3.05) is 19.6 Å². The monoisotopic (exact) mass is 266 g/mol. The maximum absolute atomic E-state index is 11.9. The van der Waals surface area contributed by atoms with Gasteiger partial charge in [-0.05, 0) is 49.2 Å². The van der Waals surface area contributed by atoms with Crippen molar-refractivity contribution in [3.8, 4) is 0 Å². The van der Waals surface area contributed by atoms with Crippen LogP contribution in [-0.4, -0.2) is 25.5 Å². The zero-order chi connectivity index (χ0) is 12.8. The normalized spacial score (nSPS) is 18.5. The predicted molar refractivity (Wildman–Crippen MR) is 75.9 cm³/mol. The molecular formula is C14H22N2OS. The third-order valence-corrected chi connectivity index (χ3v) is 4.87. The SMILES string of the molecule is CCC1(CNC(=O)Cc2cccs2)CCNCC1. The van der Waals surface area contributed by atoms with Crippen LogP contribution in [0.15, 0.2) is 17.5 Å². The molecule has 1 fully saturated rings. The van der Waals surface area contributed by atoms with E-state index in [1.54, 1.807) is 11.3 Å². The average molecular weight is 266 g/mol. The zero-order valence-electron chi connectivity index (χ0n) is 11.0. The molecule has 2 heterocycles. The molecule has 1 amide bonds. The molecule has 0 unspecified atom stereocenters. The minimum absolute atomic E-state index is 0.156. The number of nitrogens with one attached hydrogen (secondary N) is 2. The maximum Gasteiger partial charge on any atom is 0.225 e. The van der Waals surface area contributed by atoms with E-state index in [9.17, 15) is 4.79 Å². The van der Waals surface area contributed by atoms with Crippen molar-refractivity contribution in [1.29, 1.82) is 0 Å². The van der Waals surface area contributed by atoms with E-state index in [1.807, 2.05) is 17.5 Å². The van der Waals surface area contributed by atoms with Crippen LogP contribution in [0.4, 0.5) is 0 Å². The van der Waals surface area contributed by atoms with Gasteiger partial charge in [0.15, 0.2) is 0 Å². The number of carbonyl (C=O) groups excluding carboxylic acids is 1. The van der Waals surface area contributed by atoms with Gasteiger partial charge in [-0.25, -0.2) is 0 Å². The molecule has 1 saturated heterocycles. The minimum atomic E-state index is 0.156. The Balaban J connectivity index is 1.80. The molecule has 0 bridgehead atoms. The van der Waals surface area contributed by atoms with Gasteiger partial charge >= 0.3 is 0 Å². The van der Waals surface area contributed by atoms with Gasteiger partial charge in [0.2, 0.25) is 5.91 Å². The Morgan fingerprint density at radius 3 is 2.89 bits per heavy atom. The molecule has 0 aliphatic carbocycles. The number of hydrogen-bond acceptors (Lipinski definition) is 3. The Kier molecular flexibility index (Phi) is 4.78. The average Bonchev–Trinajstić information content (AvgIpc) is 2.90. The number of hydrogen-bond donors (Lipinski definition) is 2. The van der Waals surface area contributed by atoms with Gasteiger partial charge in [-0.3, -0.25) is 4.79 Å². The molecule has 1 aliphatic heterocycles. The van der Waals surface area contributed by atoms with Crippen LogP contribution in [0.25, 0.3) is 0 Å². The molecule has 3 nitrogen and oxygen atoms in total. The fourth-order valence-electron chi connectivity index (χ4n) is 2.53. The van der Waals surface area contributed by atoms with Gasteiger partial charge in [0, 0.05) is 11.4 Å². The molecule has 100 valence electrons. The second-order valence-electron chi connectivity index (χ2n) is 5.14. The van der Waals surface area contributed by atoms with Gasteiger partial charge in [0.25, 0.3) is 0 Å². The molecule has 0 atom stereocenters. The molecule has 4 heteroatoms. The first kappa shape index (κ1) is 13.6. The van der Waals surface area contributed by atoms with Gasteiger partial charge in [-0.2, -0.15) is 0 Å². The van der Waals surface area contributed by atoms with Crippen LogP contribution in [0.5, 0.6) is 0 Å². The minimum Gasteiger partial charge on any atom is -0.355 e. The lowest BCUT2D eigenvalue weighted by atomic mass is 9.76. The van der Waals surface area contributed by atoms with Crippen LogP contribution in [0, 0.1) is 5.41 Å². The highest BCUT2D eigenvalue weighted by Crippen LogP contribution is 2.31. The summed E-state index contributed by atoms with van der Waals surface area (Å²) in [6.45, 7) is 5.22. The van der Waals surface area contributed by atoms with Gasteiger partial charge in [0.1, 0.15) is 0 Å². The molecule has 18 heavy (non-hydrogen) atoms. The summed E-state index contributed by atoms with van der Waals surface area (Å²) in [6, 6.07) is 4.01. The van der Waals surface area contributed by atoms with Gasteiger partial charge < -0.3 is 10.6 Å². The highest BCUT2D eigenvalue weighted by molar-refractivity contribution is 7.10. The highest BCUT2D eigenvalue weighted by atomic mass is 32.1. The van der Waals surface area contributed by atoms with Crippen LogP contribution in [0.2, 0.25) is 0 Å². The summed E-state index contributed by atoms with van der Waals surface area (Å²) in [5.41, 5.74) is 0.316. The van der Waals surface area contributed by atoms with Crippen LogP contribution < -0.4 is 10.6 Å². The third kappa shape index (κ3) is 3.56. The van der Waals surface area contributed by atoms with Gasteiger partial charge in [-0.1, -0.05) is 13.0 Å². The van der Waals surface area contributed by atoms with Crippen molar-refractivity contribution in [2.45, 2.75) is 32.6 Å². The van der Waals surface area contributed by atoms with Crippen molar-refractivity contribution >= 4 is 17.2 Å². The Morgan fingerprint density at radius 1 is 1.50 bits per heavy atom. The number of piperidine rings is 1. The van der Waals surface area contributed by atoms with Crippen molar-refractivity contribution < 1.29 is 4.79 Å². The Labute approximate surface area is 113 Å². The lowest BCUT2D eigenvalue weighted by molar-refractivity contribution is -0.121. The number of rotatable bonds is 5. The Bertz CT molecular complexity index is 369. The van der Waals surface area contributed by atoms with Crippen molar-refractivity contribution in [1.82, 2.24) is 10.6 Å². The molecule has 1 aromatic heterocycles. The van der Waals surface area contributed by atoms with E-state index < -0.39 is 0 Å². The van der Waals surface area contributed by atoms with E-state index in [2.05, 4.69) is 17.6 Å². The van der Waals surface area contributed by atoms with Gasteiger partial charge in [-0.15, -0.1) is 11.3 Å². The second kappa shape index (κ2) is 6.34. The van der Waals surface area contributed by atoms with Crippen LogP contribution >= 0.6 is 11.3 Å². The Morgan fingerprint density at radius 2 is 2.28 bits per heavy atom. The van der Waals surface area contributed by atoms with Crippen LogP contribution in [0.1, 0.15) is 31.1 Å². The molecule has 1 aromatic rings. The first-order valence-electron chi connectivity index (χ1n) is 6.74. The van der Waals surface area contributed by atoms with E-state index in [4.69, 9.17) is 0 Å². The fraction of sp³-hybridized carbons (Fsp3) is 0.643. The van der Waals surface area contributed by atoms with Crippen molar-refractivity contribution in [3.05, 3.63) is 22.4 Å². The van der Waals surface area contributed by atoms with E-state index >= 15 is 0 Å². The molecule has 0 saturated carbocycles. The zero-order valence-corrected chi connectivity index (χ0v) is 11.8. The lowest BCUT2D eigenvalue weighted by Crippen LogP contribution is -2.44. The molecule has 0 aromatic carbocycles. The maximum atomic E-state index is 11.9. The van der Waals surface area contributed by atoms with E-state index in [-0.39, 0.29) is 5.91 Å². The summed E-state index contributed by atoms with van der Waals surface area (Å²) in [7, 11) is 0.